The number of ether oxygens (including phenoxy) is 2. The number of carbonyl (C=O) groups excluding carboxylic acids is 1. The smallest absolute Gasteiger partial charge is 0.271 e. The number of amides is 1. The number of aromatic nitrogens is 1. The summed E-state index contributed by atoms with van der Waals surface area (Å²) in [6, 6.07) is 13.9. The molecule has 0 radical (unpaired) electrons. The number of benzene rings is 2. The SMILES string of the molecule is O=C(N/N=C\c1cc(Cl)c(OCCOc2ccc(Br)cc2)c(Cl)c1)c1ccncc1. The first-order valence-electron chi connectivity index (χ1n) is 8.76. The fraction of sp³-hybridized carbons (Fsp3) is 0.0952. The van der Waals surface area contributed by atoms with Crippen molar-refractivity contribution in [1.29, 1.82) is 0 Å². The normalized spacial score (nSPS) is 10.8. The van der Waals surface area contributed by atoms with E-state index in [4.69, 9.17) is 32.7 Å². The maximum Gasteiger partial charge on any atom is 0.271 e. The van der Waals surface area contributed by atoms with Gasteiger partial charge in [-0.15, -0.1) is 0 Å². The van der Waals surface area contributed by atoms with Crippen molar-refractivity contribution in [3.05, 3.63) is 86.6 Å². The summed E-state index contributed by atoms with van der Waals surface area (Å²) in [6.07, 6.45) is 4.50. The van der Waals surface area contributed by atoms with E-state index < -0.39 is 0 Å². The monoisotopic (exact) mass is 507 g/mol. The summed E-state index contributed by atoms with van der Waals surface area (Å²) >= 11 is 15.9. The van der Waals surface area contributed by atoms with Gasteiger partial charge in [-0.05, 0) is 54.1 Å². The Morgan fingerprint density at radius 1 is 1.03 bits per heavy atom. The third kappa shape index (κ3) is 6.45. The molecule has 1 heterocycles. The summed E-state index contributed by atoms with van der Waals surface area (Å²) in [7, 11) is 0. The van der Waals surface area contributed by atoms with Crippen molar-refractivity contribution in [3.8, 4) is 11.5 Å². The molecular formula is C21H16BrCl2N3O3. The zero-order valence-electron chi connectivity index (χ0n) is 15.5. The Kier molecular flexibility index (Phi) is 8.07. The van der Waals surface area contributed by atoms with E-state index in [0.29, 0.717) is 33.5 Å². The Morgan fingerprint density at radius 3 is 2.33 bits per heavy atom. The molecule has 0 aliphatic rings. The van der Waals surface area contributed by atoms with Gasteiger partial charge >= 0.3 is 0 Å². The van der Waals surface area contributed by atoms with Crippen LogP contribution < -0.4 is 14.9 Å². The van der Waals surface area contributed by atoms with Gasteiger partial charge in [0.2, 0.25) is 0 Å². The van der Waals surface area contributed by atoms with Crippen molar-refractivity contribution < 1.29 is 14.3 Å². The third-order valence-corrected chi connectivity index (χ3v) is 4.85. The predicted molar refractivity (Wildman–Crippen MR) is 121 cm³/mol. The highest BCUT2D eigenvalue weighted by Crippen LogP contribution is 2.33. The lowest BCUT2D eigenvalue weighted by atomic mass is 10.2. The van der Waals surface area contributed by atoms with Crippen LogP contribution in [0.2, 0.25) is 10.0 Å². The quantitative estimate of drug-likeness (QED) is 0.252. The van der Waals surface area contributed by atoms with Gasteiger partial charge in [0.15, 0.2) is 5.75 Å². The largest absolute Gasteiger partial charge is 0.490 e. The molecule has 0 unspecified atom stereocenters. The second-order valence-electron chi connectivity index (χ2n) is 5.90. The van der Waals surface area contributed by atoms with Gasteiger partial charge < -0.3 is 9.47 Å². The molecule has 1 amide bonds. The van der Waals surface area contributed by atoms with Crippen molar-refractivity contribution in [1.82, 2.24) is 10.4 Å². The standard InChI is InChI=1S/C21H16BrCl2N3O3/c22-16-1-3-17(4-2-16)29-9-10-30-20-18(23)11-14(12-19(20)24)13-26-27-21(28)15-5-7-25-8-6-15/h1-8,11-13H,9-10H2,(H,27,28)/b26-13-. The molecule has 154 valence electrons. The molecule has 0 aliphatic heterocycles. The van der Waals surface area contributed by atoms with Crippen LogP contribution in [-0.2, 0) is 0 Å². The molecule has 30 heavy (non-hydrogen) atoms. The van der Waals surface area contributed by atoms with Crippen molar-refractivity contribution in [2.24, 2.45) is 5.10 Å². The molecule has 9 heteroatoms. The molecule has 0 aliphatic carbocycles. The van der Waals surface area contributed by atoms with Crippen molar-refractivity contribution in [2.75, 3.05) is 13.2 Å². The number of rotatable bonds is 8. The highest BCUT2D eigenvalue weighted by Gasteiger charge is 2.10. The number of nitrogens with zero attached hydrogens (tertiary/aromatic N) is 2. The van der Waals surface area contributed by atoms with Crippen LogP contribution in [0.3, 0.4) is 0 Å². The number of nitrogens with one attached hydrogen (secondary N) is 1. The summed E-state index contributed by atoms with van der Waals surface area (Å²) in [5.74, 6) is 0.742. The molecular weight excluding hydrogens is 493 g/mol. The first kappa shape index (κ1) is 22.1. The van der Waals surface area contributed by atoms with E-state index in [1.54, 1.807) is 24.3 Å². The van der Waals surface area contributed by atoms with Crippen LogP contribution in [0.15, 0.2) is 70.5 Å². The fourth-order valence-electron chi connectivity index (χ4n) is 2.36. The number of hydrazone groups is 1. The molecule has 0 saturated heterocycles. The Balaban J connectivity index is 1.53. The Hall–Kier alpha value is -2.61. The third-order valence-electron chi connectivity index (χ3n) is 3.75. The number of carbonyl (C=O) groups is 1. The van der Waals surface area contributed by atoms with Crippen LogP contribution in [-0.4, -0.2) is 30.3 Å². The van der Waals surface area contributed by atoms with E-state index >= 15 is 0 Å². The molecule has 0 atom stereocenters. The van der Waals surface area contributed by atoms with Gasteiger partial charge in [-0.25, -0.2) is 5.43 Å². The van der Waals surface area contributed by atoms with Crippen LogP contribution in [0.5, 0.6) is 11.5 Å². The lowest BCUT2D eigenvalue weighted by molar-refractivity contribution is 0.0955. The van der Waals surface area contributed by atoms with Crippen LogP contribution in [0.25, 0.3) is 0 Å². The van der Waals surface area contributed by atoms with E-state index in [-0.39, 0.29) is 12.5 Å². The number of hydrogen-bond acceptors (Lipinski definition) is 5. The number of hydrogen-bond donors (Lipinski definition) is 1. The summed E-state index contributed by atoms with van der Waals surface area (Å²) in [5, 5.41) is 4.57. The van der Waals surface area contributed by atoms with Crippen molar-refractivity contribution in [2.45, 2.75) is 0 Å². The molecule has 2 aromatic carbocycles. The Morgan fingerprint density at radius 2 is 1.67 bits per heavy atom. The molecule has 0 bridgehead atoms. The molecule has 0 spiro atoms. The lowest BCUT2D eigenvalue weighted by Crippen LogP contribution is -2.17. The zero-order chi connectivity index (χ0) is 21.3. The first-order valence-corrected chi connectivity index (χ1v) is 10.3. The van der Waals surface area contributed by atoms with Gasteiger partial charge in [-0.1, -0.05) is 39.1 Å². The summed E-state index contributed by atoms with van der Waals surface area (Å²) in [4.78, 5) is 15.8. The predicted octanol–water partition coefficient (Wildman–Crippen LogP) is 5.37. The molecule has 3 aromatic rings. The van der Waals surface area contributed by atoms with Crippen molar-refractivity contribution >= 4 is 51.3 Å². The number of pyridine rings is 1. The van der Waals surface area contributed by atoms with Crippen LogP contribution in [0.1, 0.15) is 15.9 Å². The fourth-order valence-corrected chi connectivity index (χ4v) is 3.24. The van der Waals surface area contributed by atoms with Gasteiger partial charge in [0.25, 0.3) is 5.91 Å². The number of halogens is 3. The Labute approximate surface area is 192 Å². The zero-order valence-corrected chi connectivity index (χ0v) is 18.6. The lowest BCUT2D eigenvalue weighted by Gasteiger charge is -2.11. The van der Waals surface area contributed by atoms with Crippen molar-refractivity contribution in [3.63, 3.8) is 0 Å². The molecule has 1 aromatic heterocycles. The maximum atomic E-state index is 11.9. The topological polar surface area (TPSA) is 72.8 Å². The Bertz CT molecular complexity index is 1010. The maximum absolute atomic E-state index is 11.9. The van der Waals surface area contributed by atoms with E-state index in [1.807, 2.05) is 24.3 Å². The van der Waals surface area contributed by atoms with E-state index in [0.717, 1.165) is 10.2 Å². The van der Waals surface area contributed by atoms with Gasteiger partial charge in [0.1, 0.15) is 19.0 Å². The minimum atomic E-state index is -0.350. The average Bonchev–Trinajstić information content (AvgIpc) is 2.74. The summed E-state index contributed by atoms with van der Waals surface area (Å²) in [6.45, 7) is 0.601. The second-order valence-corrected chi connectivity index (χ2v) is 7.63. The average molecular weight is 509 g/mol. The first-order chi connectivity index (χ1) is 14.5. The van der Waals surface area contributed by atoms with E-state index in [1.165, 1.54) is 18.6 Å². The van der Waals surface area contributed by atoms with E-state index in [2.05, 4.69) is 31.4 Å². The molecule has 0 fully saturated rings. The molecule has 6 nitrogen and oxygen atoms in total. The highest BCUT2D eigenvalue weighted by molar-refractivity contribution is 9.10. The summed E-state index contributed by atoms with van der Waals surface area (Å²) in [5.41, 5.74) is 3.49. The van der Waals surface area contributed by atoms with Gasteiger partial charge in [0.05, 0.1) is 16.3 Å². The molecule has 1 N–H and O–H groups in total. The highest BCUT2D eigenvalue weighted by atomic mass is 79.9. The van der Waals surface area contributed by atoms with Gasteiger partial charge in [-0.3, -0.25) is 9.78 Å². The van der Waals surface area contributed by atoms with Crippen LogP contribution in [0.4, 0.5) is 0 Å². The van der Waals surface area contributed by atoms with Gasteiger partial charge in [0, 0.05) is 22.4 Å². The minimum Gasteiger partial charge on any atom is -0.490 e. The van der Waals surface area contributed by atoms with Crippen LogP contribution >= 0.6 is 39.1 Å². The minimum absolute atomic E-state index is 0.269. The van der Waals surface area contributed by atoms with E-state index in [9.17, 15) is 4.79 Å². The second kappa shape index (κ2) is 11.0. The van der Waals surface area contributed by atoms with Crippen LogP contribution in [0, 0.1) is 0 Å². The molecule has 0 saturated carbocycles. The van der Waals surface area contributed by atoms with Gasteiger partial charge in [-0.2, -0.15) is 5.10 Å². The molecule has 3 rings (SSSR count). The summed E-state index contributed by atoms with van der Waals surface area (Å²) < 4.78 is 12.2.